The summed E-state index contributed by atoms with van der Waals surface area (Å²) in [4.78, 5) is 2.05. The number of benzene rings is 1. The second-order valence-electron chi connectivity index (χ2n) is 7.35. The van der Waals surface area contributed by atoms with Crippen molar-refractivity contribution < 1.29 is 13.2 Å². The molecule has 0 amide bonds. The van der Waals surface area contributed by atoms with Gasteiger partial charge >= 0.3 is 6.18 Å². The predicted octanol–water partition coefficient (Wildman–Crippen LogP) is 3.52. The van der Waals surface area contributed by atoms with Crippen LogP contribution in [0.25, 0.3) is 0 Å². The first-order valence-corrected chi connectivity index (χ1v) is 8.75. The number of anilines is 1. The Bertz CT molecular complexity index is 557. The minimum absolute atomic E-state index is 0.163. The highest BCUT2D eigenvalue weighted by Crippen LogP contribution is 2.38. The Hall–Kier alpha value is -1.27. The lowest BCUT2D eigenvalue weighted by molar-refractivity contribution is -0.179. The number of hydrogen-bond donors (Lipinski definition) is 2. The van der Waals surface area contributed by atoms with Crippen molar-refractivity contribution in [2.45, 2.75) is 56.3 Å². The summed E-state index contributed by atoms with van der Waals surface area (Å²) in [7, 11) is 0. The van der Waals surface area contributed by atoms with Crippen molar-refractivity contribution in [3.63, 3.8) is 0 Å². The van der Waals surface area contributed by atoms with E-state index >= 15 is 0 Å². The summed E-state index contributed by atoms with van der Waals surface area (Å²) in [6.45, 7) is 0.881. The third-order valence-electron chi connectivity index (χ3n) is 5.67. The lowest BCUT2D eigenvalue weighted by Gasteiger charge is -2.38. The van der Waals surface area contributed by atoms with E-state index < -0.39 is 12.1 Å². The molecule has 1 aromatic carbocycles. The number of nitrogens with zero attached hydrogens (tertiary/aromatic N) is 1. The fourth-order valence-corrected chi connectivity index (χ4v) is 3.92. The third kappa shape index (κ3) is 3.70. The molecule has 2 fully saturated rings. The van der Waals surface area contributed by atoms with Gasteiger partial charge in [0.25, 0.3) is 0 Å². The Kier molecular flexibility index (Phi) is 4.80. The van der Waals surface area contributed by atoms with Gasteiger partial charge in [-0.15, -0.1) is 0 Å². The van der Waals surface area contributed by atoms with E-state index in [1.807, 2.05) is 23.1 Å². The van der Waals surface area contributed by atoms with E-state index in [-0.39, 0.29) is 24.4 Å². The van der Waals surface area contributed by atoms with E-state index in [2.05, 4.69) is 6.07 Å². The number of hydrogen-bond acceptors (Lipinski definition) is 3. The maximum Gasteiger partial charge on any atom is 0.391 e. The molecule has 0 aromatic heterocycles. The van der Waals surface area contributed by atoms with Gasteiger partial charge in [0.2, 0.25) is 0 Å². The Labute approximate surface area is 141 Å². The van der Waals surface area contributed by atoms with Gasteiger partial charge in [-0.1, -0.05) is 12.1 Å². The van der Waals surface area contributed by atoms with Gasteiger partial charge in [-0.3, -0.25) is 0 Å². The maximum absolute atomic E-state index is 12.8. The first-order chi connectivity index (χ1) is 11.3. The standard InChI is InChI=1S/C18H26F3N3/c19-18(20,21)13-6-10-24(11-7-13)16-3-1-2-14(12-16)17(23)8-4-15(22)5-9-17/h1-3,12-13,15H,4-11,22-23H2. The van der Waals surface area contributed by atoms with Crippen molar-refractivity contribution in [1.82, 2.24) is 0 Å². The fourth-order valence-electron chi connectivity index (χ4n) is 3.92. The molecule has 0 bridgehead atoms. The van der Waals surface area contributed by atoms with Crippen molar-refractivity contribution >= 4 is 5.69 Å². The molecule has 6 heteroatoms. The van der Waals surface area contributed by atoms with Crippen molar-refractivity contribution in [1.29, 1.82) is 0 Å². The zero-order chi connectivity index (χ0) is 17.4. The Balaban J connectivity index is 1.70. The van der Waals surface area contributed by atoms with Crippen molar-refractivity contribution in [2.75, 3.05) is 18.0 Å². The molecular weight excluding hydrogens is 315 g/mol. The number of nitrogens with two attached hydrogens (primary N) is 2. The molecule has 0 spiro atoms. The summed E-state index contributed by atoms with van der Waals surface area (Å²) in [6.07, 6.45) is -0.209. The van der Waals surface area contributed by atoms with E-state index in [1.165, 1.54) is 0 Å². The van der Waals surface area contributed by atoms with E-state index in [0.29, 0.717) is 13.1 Å². The third-order valence-corrected chi connectivity index (χ3v) is 5.67. The van der Waals surface area contributed by atoms with E-state index in [1.54, 1.807) is 0 Å². The zero-order valence-electron chi connectivity index (χ0n) is 13.9. The van der Waals surface area contributed by atoms with Gasteiger partial charge in [-0.25, -0.2) is 0 Å². The van der Waals surface area contributed by atoms with Crippen LogP contribution in [0.3, 0.4) is 0 Å². The molecule has 0 radical (unpaired) electrons. The molecule has 3 nitrogen and oxygen atoms in total. The average molecular weight is 341 g/mol. The summed E-state index contributed by atoms with van der Waals surface area (Å²) < 4.78 is 38.4. The van der Waals surface area contributed by atoms with Gasteiger partial charge in [0.15, 0.2) is 0 Å². The molecular formula is C18H26F3N3. The quantitative estimate of drug-likeness (QED) is 0.865. The first kappa shape index (κ1) is 17.5. The first-order valence-electron chi connectivity index (χ1n) is 8.75. The maximum atomic E-state index is 12.8. The van der Waals surface area contributed by atoms with E-state index in [9.17, 15) is 13.2 Å². The average Bonchev–Trinajstić information content (AvgIpc) is 2.57. The monoisotopic (exact) mass is 341 g/mol. The molecule has 1 aromatic rings. The Morgan fingerprint density at radius 3 is 2.25 bits per heavy atom. The van der Waals surface area contributed by atoms with Crippen LogP contribution in [0.2, 0.25) is 0 Å². The molecule has 1 saturated heterocycles. The van der Waals surface area contributed by atoms with E-state index in [0.717, 1.165) is 36.9 Å². The van der Waals surface area contributed by atoms with Gasteiger partial charge < -0.3 is 16.4 Å². The molecule has 24 heavy (non-hydrogen) atoms. The molecule has 0 unspecified atom stereocenters. The smallest absolute Gasteiger partial charge is 0.371 e. The van der Waals surface area contributed by atoms with Crippen LogP contribution in [0, 0.1) is 5.92 Å². The number of rotatable bonds is 2. The minimum atomic E-state index is -4.07. The second-order valence-corrected chi connectivity index (χ2v) is 7.35. The largest absolute Gasteiger partial charge is 0.391 e. The number of alkyl halides is 3. The molecule has 1 heterocycles. The van der Waals surface area contributed by atoms with Gasteiger partial charge in [0.1, 0.15) is 0 Å². The van der Waals surface area contributed by atoms with Crippen LogP contribution in [-0.2, 0) is 5.54 Å². The Morgan fingerprint density at radius 1 is 1.04 bits per heavy atom. The second kappa shape index (κ2) is 6.56. The topological polar surface area (TPSA) is 55.3 Å². The summed E-state index contributed by atoms with van der Waals surface area (Å²) in [5.74, 6) is -1.17. The van der Waals surface area contributed by atoms with Crippen LogP contribution in [-0.4, -0.2) is 25.3 Å². The fraction of sp³-hybridized carbons (Fsp3) is 0.667. The van der Waals surface area contributed by atoms with Crippen LogP contribution in [0.5, 0.6) is 0 Å². The van der Waals surface area contributed by atoms with Crippen LogP contribution >= 0.6 is 0 Å². The minimum Gasteiger partial charge on any atom is -0.371 e. The van der Waals surface area contributed by atoms with Gasteiger partial charge in [0.05, 0.1) is 5.92 Å². The molecule has 2 aliphatic rings. The summed E-state index contributed by atoms with van der Waals surface area (Å²) in [5.41, 5.74) is 14.3. The lowest BCUT2D eigenvalue weighted by Crippen LogP contribution is -2.44. The van der Waals surface area contributed by atoms with E-state index in [4.69, 9.17) is 11.5 Å². The molecule has 134 valence electrons. The molecule has 0 atom stereocenters. The normalized spacial score (nSPS) is 29.7. The molecule has 1 aliphatic heterocycles. The van der Waals surface area contributed by atoms with Gasteiger partial charge in [-0.05, 0) is 56.2 Å². The molecule has 1 aliphatic carbocycles. The highest BCUT2D eigenvalue weighted by atomic mass is 19.4. The lowest BCUT2D eigenvalue weighted by atomic mass is 9.76. The Morgan fingerprint density at radius 2 is 1.67 bits per heavy atom. The van der Waals surface area contributed by atoms with Crippen LogP contribution in [0.1, 0.15) is 44.1 Å². The molecule has 3 rings (SSSR count). The van der Waals surface area contributed by atoms with Crippen molar-refractivity contribution in [2.24, 2.45) is 17.4 Å². The van der Waals surface area contributed by atoms with Gasteiger partial charge in [-0.2, -0.15) is 13.2 Å². The number of piperidine rings is 1. The van der Waals surface area contributed by atoms with Crippen molar-refractivity contribution in [3.05, 3.63) is 29.8 Å². The van der Waals surface area contributed by atoms with Crippen LogP contribution in [0.15, 0.2) is 24.3 Å². The predicted molar refractivity (Wildman–Crippen MR) is 89.7 cm³/mol. The summed E-state index contributed by atoms with van der Waals surface area (Å²) >= 11 is 0. The van der Waals surface area contributed by atoms with Crippen molar-refractivity contribution in [3.8, 4) is 0 Å². The highest BCUT2D eigenvalue weighted by Gasteiger charge is 2.41. The molecule has 1 saturated carbocycles. The zero-order valence-corrected chi connectivity index (χ0v) is 13.9. The molecule has 4 N–H and O–H groups in total. The number of halogens is 3. The van der Waals surface area contributed by atoms with Crippen LogP contribution < -0.4 is 16.4 Å². The van der Waals surface area contributed by atoms with Crippen LogP contribution in [0.4, 0.5) is 18.9 Å². The summed E-state index contributed by atoms with van der Waals surface area (Å²) in [6, 6.07) is 8.25. The SMILES string of the molecule is NC1CCC(N)(c2cccc(N3CCC(C(F)(F)F)CC3)c2)CC1. The summed E-state index contributed by atoms with van der Waals surface area (Å²) in [5, 5.41) is 0. The highest BCUT2D eigenvalue weighted by molar-refractivity contribution is 5.50. The van der Waals surface area contributed by atoms with Gasteiger partial charge in [0, 0.05) is 30.4 Å².